The van der Waals surface area contributed by atoms with Gasteiger partial charge in [-0.1, -0.05) is 27.7 Å². The van der Waals surface area contributed by atoms with E-state index in [2.05, 4.69) is 21.3 Å². The van der Waals surface area contributed by atoms with Crippen LogP contribution in [0.4, 0.5) is 0 Å². The highest BCUT2D eigenvalue weighted by Gasteiger charge is 2.27. The van der Waals surface area contributed by atoms with Crippen LogP contribution >= 0.6 is 0 Å². The molecule has 222 valence electrons. The molecule has 0 spiro atoms. The summed E-state index contributed by atoms with van der Waals surface area (Å²) >= 11 is 0. The third kappa shape index (κ3) is 16.8. The summed E-state index contributed by atoms with van der Waals surface area (Å²) in [5.74, 6) is -4.64. The van der Waals surface area contributed by atoms with E-state index in [1.165, 1.54) is 21.0 Å². The van der Waals surface area contributed by atoms with Crippen molar-refractivity contribution in [3.05, 3.63) is 0 Å². The molecule has 14 nitrogen and oxygen atoms in total. The molecular weight excluding hydrogens is 516 g/mol. The maximum absolute atomic E-state index is 12.6. The van der Waals surface area contributed by atoms with Gasteiger partial charge in [0, 0.05) is 7.11 Å². The van der Waals surface area contributed by atoms with Crippen LogP contribution in [0.25, 0.3) is 0 Å². The van der Waals surface area contributed by atoms with Crippen LogP contribution in [0.3, 0.4) is 0 Å². The Labute approximate surface area is 228 Å². The number of ketones is 1. The van der Waals surface area contributed by atoms with E-state index in [1.807, 2.05) is 27.7 Å². The van der Waals surface area contributed by atoms with Crippen LogP contribution in [-0.2, 0) is 47.8 Å². The number of carbonyl (C=O) groups is 7. The minimum absolute atomic E-state index is 0.00995. The summed E-state index contributed by atoms with van der Waals surface area (Å²) < 4.78 is 14.8. The van der Waals surface area contributed by atoms with E-state index >= 15 is 0 Å². The van der Waals surface area contributed by atoms with E-state index in [0.717, 1.165) is 0 Å². The fraction of sp³-hybridized carbons (Fsp3) is 0.720. The van der Waals surface area contributed by atoms with Crippen molar-refractivity contribution in [1.82, 2.24) is 21.3 Å². The lowest BCUT2D eigenvalue weighted by Crippen LogP contribution is -2.46. The van der Waals surface area contributed by atoms with Gasteiger partial charge in [0.25, 0.3) is 0 Å². The lowest BCUT2D eigenvalue weighted by atomic mass is 10.0. The molecule has 0 aromatic rings. The van der Waals surface area contributed by atoms with Gasteiger partial charge in [0.1, 0.15) is 30.4 Å². The molecule has 0 aromatic heterocycles. The first kappa shape index (κ1) is 35.5. The zero-order chi connectivity index (χ0) is 30.1. The van der Waals surface area contributed by atoms with E-state index in [9.17, 15) is 33.6 Å². The summed E-state index contributed by atoms with van der Waals surface area (Å²) in [6, 6.07) is -2.16. The Balaban J connectivity index is 4.86. The Morgan fingerprint density at radius 1 is 0.667 bits per heavy atom. The SMILES string of the molecule is COC(C)C(=O)NCNC(=O)CC(=O)NC(CC(C)C)C(=O)OCOC(=O)C(CC(C)C)NC(=O)CC(C)=O. The standard InChI is InChI=1S/C25H42N4O10/c1-14(2)8-18(28-21(32)10-16(5)30)24(35)38-13-39-25(36)19(9-15(3)4)29-22(33)11-20(31)26-12-27-23(34)17(6)37-7/h14-15,17-19H,8-13H2,1-7H3,(H,26,31)(H,27,34)(H,28,32)(H,29,33). The summed E-state index contributed by atoms with van der Waals surface area (Å²) in [6.07, 6.45) is -1.28. The molecule has 4 amide bonds. The molecule has 0 saturated heterocycles. The van der Waals surface area contributed by atoms with Crippen molar-refractivity contribution in [3.8, 4) is 0 Å². The molecule has 4 N–H and O–H groups in total. The number of hydrogen-bond donors (Lipinski definition) is 4. The van der Waals surface area contributed by atoms with Crippen molar-refractivity contribution in [2.75, 3.05) is 20.6 Å². The maximum atomic E-state index is 12.6. The van der Waals surface area contributed by atoms with E-state index in [0.29, 0.717) is 0 Å². The Bertz CT molecular complexity index is 875. The number of methoxy groups -OCH3 is 1. The van der Waals surface area contributed by atoms with Gasteiger partial charge >= 0.3 is 11.9 Å². The van der Waals surface area contributed by atoms with Crippen molar-refractivity contribution in [3.63, 3.8) is 0 Å². The fourth-order valence-electron chi connectivity index (χ4n) is 3.12. The normalized spacial score (nSPS) is 13.1. The third-order valence-electron chi connectivity index (χ3n) is 5.06. The summed E-state index contributed by atoms with van der Waals surface area (Å²) in [7, 11) is 1.36. The van der Waals surface area contributed by atoms with E-state index in [1.54, 1.807) is 0 Å². The monoisotopic (exact) mass is 558 g/mol. The molecule has 0 aliphatic carbocycles. The molecule has 0 heterocycles. The smallest absolute Gasteiger partial charge is 0.331 e. The third-order valence-corrected chi connectivity index (χ3v) is 5.06. The molecule has 0 aliphatic heterocycles. The molecule has 14 heteroatoms. The van der Waals surface area contributed by atoms with E-state index in [-0.39, 0.29) is 43.6 Å². The number of hydrogen-bond acceptors (Lipinski definition) is 10. The van der Waals surface area contributed by atoms with Crippen molar-refractivity contribution in [2.45, 2.75) is 85.4 Å². The van der Waals surface area contributed by atoms with Crippen LogP contribution in [0.15, 0.2) is 0 Å². The first-order valence-electron chi connectivity index (χ1n) is 12.6. The molecule has 0 bridgehead atoms. The Kier molecular flexibility index (Phi) is 17.0. The van der Waals surface area contributed by atoms with Crippen LogP contribution in [0.2, 0.25) is 0 Å². The Morgan fingerprint density at radius 2 is 1.13 bits per heavy atom. The van der Waals surface area contributed by atoms with Crippen LogP contribution in [0, 0.1) is 11.8 Å². The first-order valence-corrected chi connectivity index (χ1v) is 12.6. The molecule has 0 aliphatic rings. The fourth-order valence-corrected chi connectivity index (χ4v) is 3.12. The van der Waals surface area contributed by atoms with Crippen LogP contribution in [0.1, 0.15) is 67.2 Å². The highest BCUT2D eigenvalue weighted by atomic mass is 16.7. The predicted molar refractivity (Wildman–Crippen MR) is 137 cm³/mol. The van der Waals surface area contributed by atoms with Crippen LogP contribution in [-0.4, -0.2) is 80.1 Å². The maximum Gasteiger partial charge on any atom is 0.331 e. The quantitative estimate of drug-likeness (QED) is 0.0984. The Morgan fingerprint density at radius 3 is 1.54 bits per heavy atom. The average Bonchev–Trinajstić information content (AvgIpc) is 2.81. The zero-order valence-corrected chi connectivity index (χ0v) is 23.7. The summed E-state index contributed by atoms with van der Waals surface area (Å²) in [4.78, 5) is 84.0. The summed E-state index contributed by atoms with van der Waals surface area (Å²) in [5, 5.41) is 9.63. The van der Waals surface area contributed by atoms with Gasteiger partial charge in [0.2, 0.25) is 30.4 Å². The second kappa shape index (κ2) is 18.7. The molecule has 0 radical (unpaired) electrons. The number of esters is 2. The average molecular weight is 559 g/mol. The molecular formula is C25H42N4O10. The van der Waals surface area contributed by atoms with Crippen LogP contribution < -0.4 is 21.3 Å². The number of amides is 4. The number of rotatable bonds is 18. The van der Waals surface area contributed by atoms with Crippen LogP contribution in [0.5, 0.6) is 0 Å². The van der Waals surface area contributed by atoms with E-state index in [4.69, 9.17) is 14.2 Å². The van der Waals surface area contributed by atoms with Gasteiger partial charge in [0.15, 0.2) is 0 Å². The molecule has 0 rings (SSSR count). The Hall–Kier alpha value is -3.55. The molecule has 0 aromatic carbocycles. The molecule has 0 saturated carbocycles. The number of Topliss-reactive ketones (excluding diaryl/α,β-unsaturated/α-hetero) is 1. The predicted octanol–water partition coefficient (Wildman–Crippen LogP) is -0.314. The van der Waals surface area contributed by atoms with Gasteiger partial charge in [-0.2, -0.15) is 0 Å². The van der Waals surface area contributed by atoms with Gasteiger partial charge in [-0.05, 0) is 38.5 Å². The summed E-state index contributed by atoms with van der Waals surface area (Å²) in [6.45, 7) is 9.07. The minimum atomic E-state index is -1.12. The summed E-state index contributed by atoms with van der Waals surface area (Å²) in [5.41, 5.74) is 0. The number of ether oxygens (including phenoxy) is 3. The molecule has 3 atom stereocenters. The topological polar surface area (TPSA) is 195 Å². The van der Waals surface area contributed by atoms with E-state index < -0.39 is 67.0 Å². The second-order valence-electron chi connectivity index (χ2n) is 9.80. The van der Waals surface area contributed by atoms with Crippen molar-refractivity contribution in [1.29, 1.82) is 0 Å². The van der Waals surface area contributed by atoms with Gasteiger partial charge in [0.05, 0.1) is 13.1 Å². The number of nitrogens with one attached hydrogen (secondary N) is 4. The molecule has 3 unspecified atom stereocenters. The van der Waals surface area contributed by atoms with Gasteiger partial charge in [-0.3, -0.25) is 24.0 Å². The van der Waals surface area contributed by atoms with Crippen molar-refractivity contribution < 1.29 is 47.8 Å². The molecule has 39 heavy (non-hydrogen) atoms. The first-order chi connectivity index (χ1) is 18.2. The largest absolute Gasteiger partial charge is 0.426 e. The highest BCUT2D eigenvalue weighted by Crippen LogP contribution is 2.09. The van der Waals surface area contributed by atoms with Gasteiger partial charge < -0.3 is 35.5 Å². The lowest BCUT2D eigenvalue weighted by molar-refractivity contribution is -0.171. The van der Waals surface area contributed by atoms with Crippen molar-refractivity contribution >= 4 is 41.4 Å². The highest BCUT2D eigenvalue weighted by molar-refractivity contribution is 5.99. The molecule has 0 fully saturated rings. The lowest BCUT2D eigenvalue weighted by Gasteiger charge is -2.21. The van der Waals surface area contributed by atoms with Gasteiger partial charge in [-0.25, -0.2) is 9.59 Å². The second-order valence-corrected chi connectivity index (χ2v) is 9.80. The number of carbonyl (C=O) groups excluding carboxylic acids is 7. The zero-order valence-electron chi connectivity index (χ0n) is 23.7. The minimum Gasteiger partial charge on any atom is -0.426 e. The van der Waals surface area contributed by atoms with Crippen molar-refractivity contribution in [2.24, 2.45) is 11.8 Å². The van der Waals surface area contributed by atoms with Gasteiger partial charge in [-0.15, -0.1) is 0 Å².